The van der Waals surface area contributed by atoms with Crippen LogP contribution >= 0.6 is 0 Å². The minimum absolute atomic E-state index is 0.723. The van der Waals surface area contributed by atoms with Crippen molar-refractivity contribution in [2.45, 2.75) is 46.5 Å². The molecule has 0 saturated carbocycles. The van der Waals surface area contributed by atoms with Crippen molar-refractivity contribution in [2.75, 3.05) is 13.1 Å². The fourth-order valence-electron chi connectivity index (χ4n) is 1.50. The van der Waals surface area contributed by atoms with Crippen LogP contribution in [0.1, 0.15) is 46.5 Å². The van der Waals surface area contributed by atoms with Crippen LogP contribution in [0.25, 0.3) is 0 Å². The number of hydrogen-bond donors (Lipinski definition) is 1. The third-order valence-electron chi connectivity index (χ3n) is 2.54. The average molecular weight is 183 g/mol. The molecule has 0 bridgehead atoms. The van der Waals surface area contributed by atoms with E-state index in [0.29, 0.717) is 0 Å². The SMILES string of the molecule is C=C1CNCCCCCC1C.CC. The van der Waals surface area contributed by atoms with Gasteiger partial charge in [-0.15, -0.1) is 0 Å². The molecule has 1 aliphatic rings. The highest BCUT2D eigenvalue weighted by Crippen LogP contribution is 2.17. The molecule has 0 aromatic heterocycles. The molecule has 1 nitrogen and oxygen atoms in total. The largest absolute Gasteiger partial charge is 0.313 e. The maximum atomic E-state index is 4.08. The molecule has 1 atom stereocenters. The normalized spacial score (nSPS) is 24.8. The molecular weight excluding hydrogens is 158 g/mol. The van der Waals surface area contributed by atoms with Gasteiger partial charge in [-0.05, 0) is 25.3 Å². The first-order chi connectivity index (χ1) is 6.30. The van der Waals surface area contributed by atoms with E-state index >= 15 is 0 Å². The zero-order chi connectivity index (χ0) is 10.1. The summed E-state index contributed by atoms with van der Waals surface area (Å²) in [5.74, 6) is 0.723. The molecule has 1 fully saturated rings. The first-order valence-corrected chi connectivity index (χ1v) is 5.69. The molecule has 0 aromatic carbocycles. The van der Waals surface area contributed by atoms with Crippen LogP contribution in [0.3, 0.4) is 0 Å². The Morgan fingerprint density at radius 1 is 1.23 bits per heavy atom. The molecule has 0 aliphatic carbocycles. The minimum Gasteiger partial charge on any atom is -0.313 e. The smallest absolute Gasteiger partial charge is 0.0164 e. The van der Waals surface area contributed by atoms with E-state index in [1.807, 2.05) is 13.8 Å². The predicted molar refractivity (Wildman–Crippen MR) is 61.0 cm³/mol. The van der Waals surface area contributed by atoms with Crippen molar-refractivity contribution in [2.24, 2.45) is 5.92 Å². The Morgan fingerprint density at radius 2 is 1.92 bits per heavy atom. The predicted octanol–water partition coefficient (Wildman–Crippen LogP) is 3.37. The van der Waals surface area contributed by atoms with Gasteiger partial charge in [0, 0.05) is 6.54 Å². The Morgan fingerprint density at radius 3 is 2.62 bits per heavy atom. The third-order valence-corrected chi connectivity index (χ3v) is 2.54. The highest BCUT2D eigenvalue weighted by molar-refractivity contribution is 5.01. The van der Waals surface area contributed by atoms with Crippen LogP contribution in [-0.2, 0) is 0 Å². The van der Waals surface area contributed by atoms with Crippen LogP contribution in [-0.4, -0.2) is 13.1 Å². The van der Waals surface area contributed by atoms with Gasteiger partial charge >= 0.3 is 0 Å². The van der Waals surface area contributed by atoms with E-state index in [4.69, 9.17) is 0 Å². The summed E-state index contributed by atoms with van der Waals surface area (Å²) >= 11 is 0. The van der Waals surface area contributed by atoms with Crippen molar-refractivity contribution in [3.8, 4) is 0 Å². The molecule has 78 valence electrons. The van der Waals surface area contributed by atoms with Crippen LogP contribution in [0.2, 0.25) is 0 Å². The van der Waals surface area contributed by atoms with Crippen LogP contribution in [0.15, 0.2) is 12.2 Å². The van der Waals surface area contributed by atoms with Gasteiger partial charge in [0.2, 0.25) is 0 Å². The van der Waals surface area contributed by atoms with Crippen LogP contribution < -0.4 is 5.32 Å². The molecule has 13 heavy (non-hydrogen) atoms. The summed E-state index contributed by atoms with van der Waals surface area (Å²) in [6.07, 6.45) is 5.42. The first kappa shape index (κ1) is 12.7. The Hall–Kier alpha value is -0.300. The topological polar surface area (TPSA) is 12.0 Å². The fourth-order valence-corrected chi connectivity index (χ4v) is 1.50. The zero-order valence-corrected chi connectivity index (χ0v) is 9.53. The first-order valence-electron chi connectivity index (χ1n) is 5.69. The van der Waals surface area contributed by atoms with Crippen LogP contribution in [0.5, 0.6) is 0 Å². The van der Waals surface area contributed by atoms with E-state index in [-0.39, 0.29) is 0 Å². The second-order valence-corrected chi connectivity index (χ2v) is 3.59. The Kier molecular flexibility index (Phi) is 8.11. The van der Waals surface area contributed by atoms with Crippen molar-refractivity contribution in [3.05, 3.63) is 12.2 Å². The molecule has 1 aliphatic heterocycles. The maximum absolute atomic E-state index is 4.08. The third kappa shape index (κ3) is 5.87. The highest BCUT2D eigenvalue weighted by Gasteiger charge is 2.07. The van der Waals surface area contributed by atoms with Crippen molar-refractivity contribution in [1.29, 1.82) is 0 Å². The fraction of sp³-hybridized carbons (Fsp3) is 0.833. The molecule has 1 heteroatoms. The van der Waals surface area contributed by atoms with Gasteiger partial charge in [-0.2, -0.15) is 0 Å². The highest BCUT2D eigenvalue weighted by atomic mass is 14.8. The molecule has 1 N–H and O–H groups in total. The Labute approximate surface area is 83.6 Å². The monoisotopic (exact) mass is 183 g/mol. The van der Waals surface area contributed by atoms with Gasteiger partial charge < -0.3 is 5.32 Å². The maximum Gasteiger partial charge on any atom is 0.0164 e. The number of hydrogen-bond acceptors (Lipinski definition) is 1. The van der Waals surface area contributed by atoms with Gasteiger partial charge in [-0.25, -0.2) is 0 Å². The van der Waals surface area contributed by atoms with Gasteiger partial charge in [0.25, 0.3) is 0 Å². The Bertz CT molecular complexity index is 129. The van der Waals surface area contributed by atoms with Gasteiger partial charge in [0.05, 0.1) is 0 Å². The van der Waals surface area contributed by atoms with E-state index < -0.39 is 0 Å². The van der Waals surface area contributed by atoms with Gasteiger partial charge in [0.1, 0.15) is 0 Å². The van der Waals surface area contributed by atoms with Gasteiger partial charge in [-0.1, -0.05) is 45.8 Å². The summed E-state index contributed by atoms with van der Waals surface area (Å²) in [6, 6.07) is 0. The second-order valence-electron chi connectivity index (χ2n) is 3.59. The average Bonchev–Trinajstić information content (AvgIpc) is 2.25. The summed E-state index contributed by atoms with van der Waals surface area (Å²) in [5, 5.41) is 3.41. The van der Waals surface area contributed by atoms with E-state index in [9.17, 15) is 0 Å². The molecule has 1 rings (SSSR count). The van der Waals surface area contributed by atoms with Crippen molar-refractivity contribution in [3.63, 3.8) is 0 Å². The van der Waals surface area contributed by atoms with Crippen molar-refractivity contribution < 1.29 is 0 Å². The quantitative estimate of drug-likeness (QED) is 0.568. The summed E-state index contributed by atoms with van der Waals surface area (Å²) in [7, 11) is 0. The van der Waals surface area contributed by atoms with Gasteiger partial charge in [-0.3, -0.25) is 0 Å². The molecule has 1 heterocycles. The molecule has 0 aromatic rings. The van der Waals surface area contributed by atoms with Crippen molar-refractivity contribution >= 4 is 0 Å². The lowest BCUT2D eigenvalue weighted by atomic mass is 9.97. The number of nitrogens with one attached hydrogen (secondary N) is 1. The van der Waals surface area contributed by atoms with Crippen LogP contribution in [0, 0.1) is 5.92 Å². The Balaban J connectivity index is 0.000000671. The molecular formula is C12H25N. The lowest BCUT2D eigenvalue weighted by Gasteiger charge is -2.12. The van der Waals surface area contributed by atoms with Gasteiger partial charge in [0.15, 0.2) is 0 Å². The summed E-state index contributed by atoms with van der Waals surface area (Å²) in [6.45, 7) is 12.6. The van der Waals surface area contributed by atoms with Crippen molar-refractivity contribution in [1.82, 2.24) is 5.32 Å². The van der Waals surface area contributed by atoms with E-state index in [1.165, 1.54) is 37.8 Å². The lowest BCUT2D eigenvalue weighted by Crippen LogP contribution is -2.19. The minimum atomic E-state index is 0.723. The molecule has 0 amide bonds. The summed E-state index contributed by atoms with van der Waals surface area (Å²) in [4.78, 5) is 0. The summed E-state index contributed by atoms with van der Waals surface area (Å²) in [5.41, 5.74) is 1.38. The lowest BCUT2D eigenvalue weighted by molar-refractivity contribution is 0.561. The second kappa shape index (κ2) is 8.31. The van der Waals surface area contributed by atoms with E-state index in [1.54, 1.807) is 0 Å². The zero-order valence-electron chi connectivity index (χ0n) is 9.53. The molecule has 0 radical (unpaired) electrons. The molecule has 1 unspecified atom stereocenters. The summed E-state index contributed by atoms with van der Waals surface area (Å²) < 4.78 is 0. The standard InChI is InChI=1S/C10H19N.C2H6/c1-9-6-4-3-5-7-11-8-10(9)2;1-2/h9,11H,2-8H2,1H3;1-2H3. The van der Waals surface area contributed by atoms with E-state index in [2.05, 4.69) is 18.8 Å². The molecule has 0 spiro atoms. The molecule has 1 saturated heterocycles. The van der Waals surface area contributed by atoms with Crippen LogP contribution in [0.4, 0.5) is 0 Å². The number of rotatable bonds is 0. The van der Waals surface area contributed by atoms with E-state index in [0.717, 1.165) is 12.5 Å².